The number of hydrogen-bond donors (Lipinski definition) is 1. The standard InChI is InChI=1S/C9H14N4S/c1-6-8-3-10-2-7(8)4-13(6)9-12-11-5-14-9/h5-8,10H,2-4H2,1H3. The van der Waals surface area contributed by atoms with Gasteiger partial charge >= 0.3 is 0 Å². The Bertz CT molecular complexity index is 313. The number of aromatic nitrogens is 2. The maximum Gasteiger partial charge on any atom is 0.208 e. The molecule has 76 valence electrons. The maximum absolute atomic E-state index is 4.15. The van der Waals surface area contributed by atoms with E-state index >= 15 is 0 Å². The van der Waals surface area contributed by atoms with E-state index in [0.29, 0.717) is 6.04 Å². The van der Waals surface area contributed by atoms with E-state index in [1.165, 1.54) is 13.1 Å². The highest BCUT2D eigenvalue weighted by Gasteiger charge is 2.42. The third-order valence-electron chi connectivity index (χ3n) is 3.53. The van der Waals surface area contributed by atoms with Gasteiger partial charge in [0.1, 0.15) is 5.51 Å². The lowest BCUT2D eigenvalue weighted by molar-refractivity contribution is 0.471. The van der Waals surface area contributed by atoms with Crippen molar-refractivity contribution in [2.45, 2.75) is 13.0 Å². The molecule has 5 heteroatoms. The fraction of sp³-hybridized carbons (Fsp3) is 0.778. The highest BCUT2D eigenvalue weighted by molar-refractivity contribution is 7.13. The van der Waals surface area contributed by atoms with Gasteiger partial charge in [-0.25, -0.2) is 0 Å². The molecule has 14 heavy (non-hydrogen) atoms. The zero-order valence-corrected chi connectivity index (χ0v) is 9.00. The summed E-state index contributed by atoms with van der Waals surface area (Å²) in [5.74, 6) is 1.62. The molecule has 4 nitrogen and oxygen atoms in total. The fourth-order valence-electron chi connectivity index (χ4n) is 2.71. The first kappa shape index (κ1) is 8.61. The molecule has 3 unspecified atom stereocenters. The van der Waals surface area contributed by atoms with Gasteiger partial charge in [0.25, 0.3) is 0 Å². The van der Waals surface area contributed by atoms with Gasteiger partial charge in [-0.05, 0) is 18.8 Å². The van der Waals surface area contributed by atoms with Crippen LogP contribution in [0.25, 0.3) is 0 Å². The van der Waals surface area contributed by atoms with E-state index in [1.807, 2.05) is 5.51 Å². The molecule has 2 aliphatic rings. The summed E-state index contributed by atoms with van der Waals surface area (Å²) in [6.45, 7) is 5.79. The van der Waals surface area contributed by atoms with Crippen molar-refractivity contribution in [3.05, 3.63) is 5.51 Å². The summed E-state index contributed by atoms with van der Waals surface area (Å²) < 4.78 is 0. The summed E-state index contributed by atoms with van der Waals surface area (Å²) >= 11 is 1.65. The van der Waals surface area contributed by atoms with Gasteiger partial charge in [0.15, 0.2) is 0 Å². The van der Waals surface area contributed by atoms with Crippen molar-refractivity contribution in [2.24, 2.45) is 11.8 Å². The van der Waals surface area contributed by atoms with Crippen molar-refractivity contribution in [2.75, 3.05) is 24.5 Å². The van der Waals surface area contributed by atoms with Crippen LogP contribution < -0.4 is 10.2 Å². The Hall–Kier alpha value is -0.680. The lowest BCUT2D eigenvalue weighted by Gasteiger charge is -2.22. The van der Waals surface area contributed by atoms with Crippen molar-refractivity contribution in [1.82, 2.24) is 15.5 Å². The number of rotatable bonds is 1. The molecule has 3 rings (SSSR count). The van der Waals surface area contributed by atoms with E-state index in [2.05, 4.69) is 27.3 Å². The van der Waals surface area contributed by atoms with Crippen LogP contribution in [0.3, 0.4) is 0 Å². The van der Waals surface area contributed by atoms with Crippen LogP contribution >= 0.6 is 11.3 Å². The molecule has 1 aromatic rings. The fourth-order valence-corrected chi connectivity index (χ4v) is 3.37. The molecule has 2 aliphatic heterocycles. The number of hydrogen-bond acceptors (Lipinski definition) is 5. The van der Waals surface area contributed by atoms with Gasteiger partial charge in [-0.1, -0.05) is 11.3 Å². The minimum atomic E-state index is 0.614. The van der Waals surface area contributed by atoms with Gasteiger partial charge in [-0.3, -0.25) is 0 Å². The Kier molecular flexibility index (Phi) is 1.95. The summed E-state index contributed by atoms with van der Waals surface area (Å²) in [7, 11) is 0. The van der Waals surface area contributed by atoms with Crippen LogP contribution in [0.5, 0.6) is 0 Å². The third kappa shape index (κ3) is 1.15. The molecule has 2 saturated heterocycles. The number of fused-ring (bicyclic) bond motifs is 1. The molecule has 1 aromatic heterocycles. The highest BCUT2D eigenvalue weighted by Crippen LogP contribution is 2.35. The molecule has 0 bridgehead atoms. The summed E-state index contributed by atoms with van der Waals surface area (Å²) in [6.07, 6.45) is 0. The van der Waals surface area contributed by atoms with Crippen LogP contribution in [0.4, 0.5) is 5.13 Å². The Morgan fingerprint density at radius 3 is 3.21 bits per heavy atom. The van der Waals surface area contributed by atoms with Gasteiger partial charge in [-0.15, -0.1) is 10.2 Å². The van der Waals surface area contributed by atoms with Crippen LogP contribution in [0, 0.1) is 11.8 Å². The molecule has 0 spiro atoms. The third-order valence-corrected chi connectivity index (χ3v) is 4.26. The summed E-state index contributed by atoms with van der Waals surface area (Å²) in [5.41, 5.74) is 1.81. The minimum absolute atomic E-state index is 0.614. The first-order valence-corrected chi connectivity index (χ1v) is 5.98. The van der Waals surface area contributed by atoms with Crippen molar-refractivity contribution >= 4 is 16.5 Å². The molecule has 0 aliphatic carbocycles. The van der Waals surface area contributed by atoms with Crippen LogP contribution in [0.2, 0.25) is 0 Å². The minimum Gasteiger partial charge on any atom is -0.343 e. The number of anilines is 1. The van der Waals surface area contributed by atoms with E-state index in [4.69, 9.17) is 0 Å². The average molecular weight is 210 g/mol. The zero-order valence-electron chi connectivity index (χ0n) is 8.18. The molecule has 0 aromatic carbocycles. The topological polar surface area (TPSA) is 41.0 Å². The van der Waals surface area contributed by atoms with Crippen LogP contribution in [0.1, 0.15) is 6.92 Å². The number of nitrogens with zero attached hydrogens (tertiary/aromatic N) is 3. The molecule has 3 heterocycles. The number of nitrogens with one attached hydrogen (secondary N) is 1. The van der Waals surface area contributed by atoms with E-state index < -0.39 is 0 Å². The molecular weight excluding hydrogens is 196 g/mol. The molecule has 1 N–H and O–H groups in total. The first-order chi connectivity index (χ1) is 6.86. The Morgan fingerprint density at radius 2 is 2.50 bits per heavy atom. The van der Waals surface area contributed by atoms with Gasteiger partial charge in [-0.2, -0.15) is 0 Å². The van der Waals surface area contributed by atoms with Crippen molar-refractivity contribution in [1.29, 1.82) is 0 Å². The smallest absolute Gasteiger partial charge is 0.208 e. The summed E-state index contributed by atoms with van der Waals surface area (Å²) in [5, 5.41) is 12.6. The normalized spacial score (nSPS) is 36.4. The molecule has 3 atom stereocenters. The predicted octanol–water partition coefficient (Wildman–Crippen LogP) is 0.582. The lowest BCUT2D eigenvalue weighted by atomic mass is 9.95. The maximum atomic E-state index is 4.15. The van der Waals surface area contributed by atoms with Crippen molar-refractivity contribution < 1.29 is 0 Å². The Balaban J connectivity index is 1.84. The largest absolute Gasteiger partial charge is 0.343 e. The van der Waals surface area contributed by atoms with Crippen LogP contribution in [-0.4, -0.2) is 35.9 Å². The molecule has 0 saturated carbocycles. The zero-order chi connectivity index (χ0) is 9.54. The predicted molar refractivity (Wildman–Crippen MR) is 56.6 cm³/mol. The van der Waals surface area contributed by atoms with Gasteiger partial charge in [0, 0.05) is 25.7 Å². The van der Waals surface area contributed by atoms with Crippen molar-refractivity contribution in [3.8, 4) is 0 Å². The Labute approximate surface area is 87.3 Å². The van der Waals surface area contributed by atoms with E-state index in [9.17, 15) is 0 Å². The molecule has 2 fully saturated rings. The average Bonchev–Trinajstić information content (AvgIpc) is 2.84. The quantitative estimate of drug-likeness (QED) is 0.736. The van der Waals surface area contributed by atoms with Gasteiger partial charge < -0.3 is 10.2 Å². The van der Waals surface area contributed by atoms with Crippen LogP contribution in [-0.2, 0) is 0 Å². The highest BCUT2D eigenvalue weighted by atomic mass is 32.1. The molecule has 0 amide bonds. The second-order valence-corrected chi connectivity index (χ2v) is 5.01. The van der Waals surface area contributed by atoms with Crippen molar-refractivity contribution in [3.63, 3.8) is 0 Å². The second-order valence-electron chi connectivity index (χ2n) is 4.20. The molecule has 0 radical (unpaired) electrons. The van der Waals surface area contributed by atoms with E-state index in [1.54, 1.807) is 11.3 Å². The van der Waals surface area contributed by atoms with E-state index in [-0.39, 0.29) is 0 Å². The monoisotopic (exact) mass is 210 g/mol. The lowest BCUT2D eigenvalue weighted by Crippen LogP contribution is -2.33. The van der Waals surface area contributed by atoms with E-state index in [0.717, 1.165) is 23.5 Å². The summed E-state index contributed by atoms with van der Waals surface area (Å²) in [6, 6.07) is 0.614. The summed E-state index contributed by atoms with van der Waals surface area (Å²) in [4.78, 5) is 2.41. The molecular formula is C9H14N4S. The van der Waals surface area contributed by atoms with Gasteiger partial charge in [0.05, 0.1) is 0 Å². The van der Waals surface area contributed by atoms with Gasteiger partial charge in [0.2, 0.25) is 5.13 Å². The second kappa shape index (κ2) is 3.17. The Morgan fingerprint density at radius 1 is 1.57 bits per heavy atom. The SMILES string of the molecule is CC1C2CNCC2CN1c1nncs1. The first-order valence-electron chi connectivity index (χ1n) is 5.10. The van der Waals surface area contributed by atoms with Crippen LogP contribution in [0.15, 0.2) is 5.51 Å².